The quantitative estimate of drug-likeness (QED) is 0.448. The van der Waals surface area contributed by atoms with Crippen LogP contribution in [0, 0.1) is 0 Å². The van der Waals surface area contributed by atoms with Crippen LogP contribution in [0.25, 0.3) is 22.0 Å². The molecule has 4 N–H and O–H groups in total. The van der Waals surface area contributed by atoms with Crippen molar-refractivity contribution in [1.82, 2.24) is 15.0 Å². The zero-order valence-corrected chi connectivity index (χ0v) is 17.5. The molecular formula is C24H24N6O2. The number of nitrogens with one attached hydrogen (secondary N) is 2. The standard InChI is InChI=1S/C24H24N6O2/c25-13-16-11-18(15-26-14-16)21-12-17-5-6-27-24(31)22(17)23(29-21)28-19-1-3-20(4-2-19)30-7-9-32-10-8-30/h1-6,11-12,14-15H,7-10,13,25H2,(H,27,31)(H,28,29). The summed E-state index contributed by atoms with van der Waals surface area (Å²) in [6.07, 6.45) is 5.13. The Hall–Kier alpha value is -3.75. The van der Waals surface area contributed by atoms with Gasteiger partial charge in [-0.25, -0.2) is 4.98 Å². The number of anilines is 3. The van der Waals surface area contributed by atoms with Crippen LogP contribution in [0.4, 0.5) is 17.2 Å². The van der Waals surface area contributed by atoms with Crippen LogP contribution in [0.3, 0.4) is 0 Å². The van der Waals surface area contributed by atoms with E-state index in [1.165, 1.54) is 0 Å². The number of pyridine rings is 3. The Morgan fingerprint density at radius 1 is 1.09 bits per heavy atom. The van der Waals surface area contributed by atoms with Gasteiger partial charge in [-0.15, -0.1) is 0 Å². The van der Waals surface area contributed by atoms with Crippen LogP contribution in [0.2, 0.25) is 0 Å². The number of fused-ring (bicyclic) bond motifs is 1. The molecule has 0 radical (unpaired) electrons. The van der Waals surface area contributed by atoms with Crippen LogP contribution in [0.5, 0.6) is 0 Å². The summed E-state index contributed by atoms with van der Waals surface area (Å²) in [4.78, 5) is 26.7. The Bertz CT molecular complexity index is 1300. The van der Waals surface area contributed by atoms with Gasteiger partial charge in [-0.2, -0.15) is 0 Å². The van der Waals surface area contributed by atoms with Gasteiger partial charge in [0.1, 0.15) is 5.82 Å². The highest BCUT2D eigenvalue weighted by molar-refractivity contribution is 5.95. The van der Waals surface area contributed by atoms with Crippen molar-refractivity contribution in [2.75, 3.05) is 36.5 Å². The van der Waals surface area contributed by atoms with E-state index < -0.39 is 0 Å². The van der Waals surface area contributed by atoms with E-state index in [1.807, 2.05) is 30.3 Å². The minimum Gasteiger partial charge on any atom is -0.378 e. The predicted octanol–water partition coefficient (Wildman–Crippen LogP) is 3.02. The summed E-state index contributed by atoms with van der Waals surface area (Å²) < 4.78 is 5.43. The molecule has 0 saturated carbocycles. The number of hydrogen-bond donors (Lipinski definition) is 3. The molecule has 1 aromatic carbocycles. The lowest BCUT2D eigenvalue weighted by Gasteiger charge is -2.28. The van der Waals surface area contributed by atoms with Gasteiger partial charge >= 0.3 is 0 Å². The van der Waals surface area contributed by atoms with Crippen LogP contribution in [-0.4, -0.2) is 41.3 Å². The maximum Gasteiger partial charge on any atom is 0.259 e. The molecule has 0 amide bonds. The van der Waals surface area contributed by atoms with Gasteiger partial charge in [-0.3, -0.25) is 9.78 Å². The zero-order valence-electron chi connectivity index (χ0n) is 17.5. The minimum atomic E-state index is -0.192. The number of aromatic nitrogens is 3. The summed E-state index contributed by atoms with van der Waals surface area (Å²) >= 11 is 0. The fraction of sp³-hybridized carbons (Fsp3) is 0.208. The molecule has 3 aromatic heterocycles. The van der Waals surface area contributed by atoms with Gasteiger partial charge in [-0.1, -0.05) is 0 Å². The highest BCUT2D eigenvalue weighted by Gasteiger charge is 2.14. The van der Waals surface area contributed by atoms with Gasteiger partial charge in [0.2, 0.25) is 0 Å². The molecule has 0 spiro atoms. The van der Waals surface area contributed by atoms with E-state index in [1.54, 1.807) is 18.6 Å². The molecule has 1 saturated heterocycles. The van der Waals surface area contributed by atoms with Crippen molar-refractivity contribution in [2.45, 2.75) is 6.54 Å². The Balaban J connectivity index is 1.53. The van der Waals surface area contributed by atoms with Crippen LogP contribution >= 0.6 is 0 Å². The van der Waals surface area contributed by atoms with Gasteiger partial charge < -0.3 is 25.7 Å². The number of morpholine rings is 1. The first-order chi connectivity index (χ1) is 15.7. The van der Waals surface area contributed by atoms with E-state index in [2.05, 4.69) is 32.3 Å². The Morgan fingerprint density at radius 3 is 2.69 bits per heavy atom. The fourth-order valence-corrected chi connectivity index (χ4v) is 3.91. The maximum atomic E-state index is 12.6. The van der Waals surface area contributed by atoms with E-state index in [0.717, 1.165) is 59.9 Å². The number of hydrogen-bond acceptors (Lipinski definition) is 7. The topological polar surface area (TPSA) is 109 Å². The van der Waals surface area contributed by atoms with Crippen LogP contribution in [-0.2, 0) is 11.3 Å². The number of ether oxygens (including phenoxy) is 1. The maximum absolute atomic E-state index is 12.6. The highest BCUT2D eigenvalue weighted by atomic mass is 16.5. The van der Waals surface area contributed by atoms with E-state index in [0.29, 0.717) is 17.7 Å². The molecule has 4 aromatic rings. The largest absolute Gasteiger partial charge is 0.378 e. The molecule has 8 nitrogen and oxygen atoms in total. The summed E-state index contributed by atoms with van der Waals surface area (Å²) in [5, 5.41) is 4.64. The van der Waals surface area contributed by atoms with E-state index in [9.17, 15) is 4.79 Å². The lowest BCUT2D eigenvalue weighted by Crippen LogP contribution is -2.36. The third-order valence-corrected chi connectivity index (χ3v) is 5.59. The second kappa shape index (κ2) is 8.78. The summed E-state index contributed by atoms with van der Waals surface area (Å²) in [5.74, 6) is 0.497. The molecule has 32 heavy (non-hydrogen) atoms. The summed E-state index contributed by atoms with van der Waals surface area (Å²) in [6.45, 7) is 3.64. The number of rotatable bonds is 5. The summed E-state index contributed by atoms with van der Waals surface area (Å²) in [7, 11) is 0. The third-order valence-electron chi connectivity index (χ3n) is 5.59. The molecule has 162 valence electrons. The van der Waals surface area contributed by atoms with Crippen molar-refractivity contribution in [2.24, 2.45) is 5.73 Å². The van der Waals surface area contributed by atoms with Crippen molar-refractivity contribution in [3.63, 3.8) is 0 Å². The highest BCUT2D eigenvalue weighted by Crippen LogP contribution is 2.28. The molecule has 5 rings (SSSR count). The van der Waals surface area contributed by atoms with Gasteiger partial charge in [0.25, 0.3) is 5.56 Å². The average Bonchev–Trinajstić information content (AvgIpc) is 2.85. The summed E-state index contributed by atoms with van der Waals surface area (Å²) in [6, 6.07) is 13.9. The number of aromatic amines is 1. The summed E-state index contributed by atoms with van der Waals surface area (Å²) in [5.41, 5.74) is 10.1. The minimum absolute atomic E-state index is 0.192. The third kappa shape index (κ3) is 4.05. The Morgan fingerprint density at radius 2 is 1.91 bits per heavy atom. The van der Waals surface area contributed by atoms with Gasteiger partial charge in [-0.05, 0) is 53.4 Å². The molecule has 0 unspecified atom stereocenters. The molecule has 1 aliphatic rings. The molecular weight excluding hydrogens is 404 g/mol. The van der Waals surface area contributed by atoms with Crippen molar-refractivity contribution >= 4 is 28.0 Å². The van der Waals surface area contributed by atoms with Crippen LogP contribution in [0.15, 0.2) is 65.8 Å². The van der Waals surface area contributed by atoms with Crippen molar-refractivity contribution in [3.8, 4) is 11.3 Å². The van der Waals surface area contributed by atoms with Gasteiger partial charge in [0.05, 0.1) is 24.3 Å². The van der Waals surface area contributed by atoms with Crippen molar-refractivity contribution < 1.29 is 4.74 Å². The second-order valence-corrected chi connectivity index (χ2v) is 7.68. The Kier molecular flexibility index (Phi) is 5.53. The van der Waals surface area contributed by atoms with Crippen LogP contribution < -0.4 is 21.5 Å². The molecule has 1 aliphatic heterocycles. The monoisotopic (exact) mass is 428 g/mol. The van der Waals surface area contributed by atoms with Crippen molar-refractivity contribution in [3.05, 3.63) is 77.0 Å². The Labute approximate surface area is 185 Å². The first kappa shape index (κ1) is 20.2. The van der Waals surface area contributed by atoms with Gasteiger partial charge in [0.15, 0.2) is 0 Å². The molecule has 0 aliphatic carbocycles. The van der Waals surface area contributed by atoms with Crippen molar-refractivity contribution in [1.29, 1.82) is 0 Å². The zero-order chi connectivity index (χ0) is 21.9. The molecule has 4 heterocycles. The van der Waals surface area contributed by atoms with E-state index in [4.69, 9.17) is 15.5 Å². The number of nitrogens with zero attached hydrogens (tertiary/aromatic N) is 3. The fourth-order valence-electron chi connectivity index (χ4n) is 3.91. The van der Waals surface area contributed by atoms with E-state index in [-0.39, 0.29) is 5.56 Å². The molecule has 8 heteroatoms. The first-order valence-electron chi connectivity index (χ1n) is 10.6. The first-order valence-corrected chi connectivity index (χ1v) is 10.6. The lowest BCUT2D eigenvalue weighted by molar-refractivity contribution is 0.122. The SMILES string of the molecule is NCc1cncc(-c2cc3cc[nH]c(=O)c3c(Nc3ccc(N4CCOCC4)cc3)n2)c1. The molecule has 0 atom stereocenters. The average molecular weight is 428 g/mol. The number of H-pyrrole nitrogens is 1. The number of benzene rings is 1. The normalized spacial score (nSPS) is 14.0. The van der Waals surface area contributed by atoms with E-state index >= 15 is 0 Å². The molecule has 0 bridgehead atoms. The number of nitrogens with two attached hydrogens (primary N) is 1. The second-order valence-electron chi connectivity index (χ2n) is 7.68. The van der Waals surface area contributed by atoms with Gasteiger partial charge in [0, 0.05) is 55.2 Å². The molecule has 1 fully saturated rings. The predicted molar refractivity (Wildman–Crippen MR) is 126 cm³/mol. The smallest absolute Gasteiger partial charge is 0.259 e. The van der Waals surface area contributed by atoms with Crippen LogP contribution in [0.1, 0.15) is 5.56 Å². The lowest BCUT2D eigenvalue weighted by atomic mass is 10.1.